The molecule has 1 unspecified atom stereocenters. The number of ether oxygens (including phenoxy) is 2. The zero-order valence-electron chi connectivity index (χ0n) is 12.4. The van der Waals surface area contributed by atoms with E-state index in [1.54, 1.807) is 0 Å². The van der Waals surface area contributed by atoms with Crippen LogP contribution < -0.4 is 0 Å². The van der Waals surface area contributed by atoms with Crippen molar-refractivity contribution in [2.45, 2.75) is 66.1 Å². The second-order valence-electron chi connectivity index (χ2n) is 6.76. The predicted octanol–water partition coefficient (Wildman–Crippen LogP) is 3.01. The summed E-state index contributed by atoms with van der Waals surface area (Å²) in [5.41, 5.74) is 0.0988. The summed E-state index contributed by atoms with van der Waals surface area (Å²) in [6, 6.07) is 0. The van der Waals surface area contributed by atoms with Crippen LogP contribution in [0.15, 0.2) is 0 Å². The lowest BCUT2D eigenvalue weighted by molar-refractivity contribution is -0.0843. The van der Waals surface area contributed by atoms with E-state index >= 15 is 0 Å². The van der Waals surface area contributed by atoms with Crippen molar-refractivity contribution < 1.29 is 14.6 Å². The molecule has 0 radical (unpaired) electrons. The van der Waals surface area contributed by atoms with E-state index in [1.807, 2.05) is 0 Å². The maximum Gasteiger partial charge on any atom is 0.0813 e. The molecule has 0 fully saturated rings. The number of hydrogen-bond donors (Lipinski definition) is 1. The second-order valence-corrected chi connectivity index (χ2v) is 6.76. The van der Waals surface area contributed by atoms with Gasteiger partial charge >= 0.3 is 0 Å². The minimum atomic E-state index is -0.128. The van der Waals surface area contributed by atoms with Gasteiger partial charge in [-0.25, -0.2) is 0 Å². The Labute approximate surface area is 107 Å². The van der Waals surface area contributed by atoms with Crippen molar-refractivity contribution in [2.75, 3.05) is 19.8 Å². The highest BCUT2D eigenvalue weighted by atomic mass is 16.5. The number of aliphatic hydroxyl groups excluding tert-OH is 1. The zero-order chi connectivity index (χ0) is 13.5. The Kier molecular flexibility index (Phi) is 7.29. The summed E-state index contributed by atoms with van der Waals surface area (Å²) in [5.74, 6) is 0. The molecule has 1 atom stereocenters. The Morgan fingerprint density at radius 2 is 1.65 bits per heavy atom. The lowest BCUT2D eigenvalue weighted by Crippen LogP contribution is -2.31. The highest BCUT2D eigenvalue weighted by Gasteiger charge is 2.21. The monoisotopic (exact) mass is 246 g/mol. The van der Waals surface area contributed by atoms with Crippen molar-refractivity contribution in [1.82, 2.24) is 0 Å². The Hall–Kier alpha value is -0.120. The standard InChI is InChI=1S/C14H30O3/c1-13(2,3)10-12(16-9-7-8-15)11-17-14(4,5)6/h12,15H,7-11H2,1-6H3. The molecule has 0 heterocycles. The molecule has 0 bridgehead atoms. The van der Waals surface area contributed by atoms with Crippen LogP contribution in [-0.2, 0) is 9.47 Å². The average Bonchev–Trinajstić information content (AvgIpc) is 2.11. The third-order valence-corrected chi connectivity index (χ3v) is 2.20. The Bertz CT molecular complexity index is 189. The summed E-state index contributed by atoms with van der Waals surface area (Å²) in [4.78, 5) is 0. The number of hydrogen-bond acceptors (Lipinski definition) is 3. The van der Waals surface area contributed by atoms with Crippen LogP contribution in [0.4, 0.5) is 0 Å². The molecule has 0 rings (SSSR count). The van der Waals surface area contributed by atoms with Gasteiger partial charge in [0.15, 0.2) is 0 Å². The molecule has 17 heavy (non-hydrogen) atoms. The summed E-state index contributed by atoms with van der Waals surface area (Å²) in [7, 11) is 0. The van der Waals surface area contributed by atoms with Crippen molar-refractivity contribution in [3.05, 3.63) is 0 Å². The summed E-state index contributed by atoms with van der Waals surface area (Å²) >= 11 is 0. The van der Waals surface area contributed by atoms with Crippen LogP contribution in [0.3, 0.4) is 0 Å². The third-order valence-electron chi connectivity index (χ3n) is 2.20. The van der Waals surface area contributed by atoms with Gasteiger partial charge < -0.3 is 14.6 Å². The topological polar surface area (TPSA) is 38.7 Å². The van der Waals surface area contributed by atoms with E-state index in [0.29, 0.717) is 19.6 Å². The van der Waals surface area contributed by atoms with E-state index in [1.165, 1.54) is 0 Å². The molecular weight excluding hydrogens is 216 g/mol. The normalized spacial score (nSPS) is 15.0. The van der Waals surface area contributed by atoms with Gasteiger partial charge in [0.25, 0.3) is 0 Å². The van der Waals surface area contributed by atoms with Crippen molar-refractivity contribution in [3.8, 4) is 0 Å². The fourth-order valence-corrected chi connectivity index (χ4v) is 1.51. The fraction of sp³-hybridized carbons (Fsp3) is 1.00. The van der Waals surface area contributed by atoms with Gasteiger partial charge in [-0.1, -0.05) is 20.8 Å². The molecule has 0 spiro atoms. The molecule has 0 aliphatic heterocycles. The maximum atomic E-state index is 8.76. The van der Waals surface area contributed by atoms with E-state index in [2.05, 4.69) is 41.5 Å². The van der Waals surface area contributed by atoms with Gasteiger partial charge in [0.2, 0.25) is 0 Å². The lowest BCUT2D eigenvalue weighted by atomic mass is 9.89. The quantitative estimate of drug-likeness (QED) is 0.702. The van der Waals surface area contributed by atoms with Crippen LogP contribution in [0.2, 0.25) is 0 Å². The van der Waals surface area contributed by atoms with Crippen molar-refractivity contribution >= 4 is 0 Å². The van der Waals surface area contributed by atoms with Crippen LogP contribution in [0.5, 0.6) is 0 Å². The van der Waals surface area contributed by atoms with E-state index < -0.39 is 0 Å². The van der Waals surface area contributed by atoms with Crippen LogP contribution in [0.25, 0.3) is 0 Å². The molecule has 0 aromatic heterocycles. The summed E-state index contributed by atoms with van der Waals surface area (Å²) in [6.45, 7) is 14.2. The first-order chi connectivity index (χ1) is 7.64. The molecule has 0 aliphatic rings. The highest BCUT2D eigenvalue weighted by Crippen LogP contribution is 2.23. The van der Waals surface area contributed by atoms with Crippen LogP contribution in [0.1, 0.15) is 54.4 Å². The molecule has 0 amide bonds. The maximum absolute atomic E-state index is 8.76. The Balaban J connectivity index is 4.11. The Morgan fingerprint density at radius 1 is 1.06 bits per heavy atom. The smallest absolute Gasteiger partial charge is 0.0813 e. The van der Waals surface area contributed by atoms with Gasteiger partial charge in [-0.05, 0) is 39.0 Å². The molecule has 0 saturated heterocycles. The first kappa shape index (κ1) is 16.9. The van der Waals surface area contributed by atoms with E-state index in [9.17, 15) is 0 Å². The molecule has 0 aliphatic carbocycles. The molecule has 0 aromatic carbocycles. The first-order valence-corrected chi connectivity index (χ1v) is 6.50. The van der Waals surface area contributed by atoms with Gasteiger partial charge in [-0.3, -0.25) is 0 Å². The summed E-state index contributed by atoms with van der Waals surface area (Å²) < 4.78 is 11.5. The molecule has 0 aromatic rings. The zero-order valence-corrected chi connectivity index (χ0v) is 12.4. The Morgan fingerprint density at radius 3 is 2.06 bits per heavy atom. The molecule has 104 valence electrons. The number of aliphatic hydroxyl groups is 1. The first-order valence-electron chi connectivity index (χ1n) is 6.50. The van der Waals surface area contributed by atoms with Crippen LogP contribution in [-0.4, -0.2) is 36.6 Å². The fourth-order valence-electron chi connectivity index (χ4n) is 1.51. The van der Waals surface area contributed by atoms with Crippen LogP contribution in [0, 0.1) is 5.41 Å². The largest absolute Gasteiger partial charge is 0.396 e. The second kappa shape index (κ2) is 7.34. The SMILES string of the molecule is CC(C)(C)CC(COC(C)(C)C)OCCCO. The van der Waals surface area contributed by atoms with Crippen molar-refractivity contribution in [3.63, 3.8) is 0 Å². The van der Waals surface area contributed by atoms with Gasteiger partial charge in [-0.2, -0.15) is 0 Å². The van der Waals surface area contributed by atoms with Crippen LogP contribution >= 0.6 is 0 Å². The van der Waals surface area contributed by atoms with Gasteiger partial charge in [0.05, 0.1) is 18.3 Å². The van der Waals surface area contributed by atoms with Gasteiger partial charge in [-0.15, -0.1) is 0 Å². The summed E-state index contributed by atoms with van der Waals surface area (Å²) in [6.07, 6.45) is 1.77. The predicted molar refractivity (Wildman–Crippen MR) is 71.2 cm³/mol. The molecule has 3 nitrogen and oxygen atoms in total. The molecule has 0 saturated carbocycles. The van der Waals surface area contributed by atoms with E-state index in [4.69, 9.17) is 14.6 Å². The summed E-state index contributed by atoms with van der Waals surface area (Å²) in [5, 5.41) is 8.76. The van der Waals surface area contributed by atoms with Gasteiger partial charge in [0.1, 0.15) is 0 Å². The molecule has 3 heteroatoms. The van der Waals surface area contributed by atoms with Gasteiger partial charge in [0, 0.05) is 13.2 Å². The van der Waals surface area contributed by atoms with Crippen molar-refractivity contribution in [2.24, 2.45) is 5.41 Å². The highest BCUT2D eigenvalue weighted by molar-refractivity contribution is 4.71. The number of rotatable bonds is 7. The molecule has 1 N–H and O–H groups in total. The van der Waals surface area contributed by atoms with E-state index in [0.717, 1.165) is 6.42 Å². The molecular formula is C14H30O3. The average molecular weight is 246 g/mol. The lowest BCUT2D eigenvalue weighted by Gasteiger charge is -2.29. The third kappa shape index (κ3) is 12.1. The minimum Gasteiger partial charge on any atom is -0.396 e. The van der Waals surface area contributed by atoms with Crippen molar-refractivity contribution in [1.29, 1.82) is 0 Å². The van der Waals surface area contributed by atoms with E-state index in [-0.39, 0.29) is 23.7 Å². The minimum absolute atomic E-state index is 0.112.